The number of aliphatic hydroxyl groups excluding tert-OH is 1. The molecule has 4 nitrogen and oxygen atoms in total. The van der Waals surface area contributed by atoms with E-state index in [9.17, 15) is 9.90 Å². The Morgan fingerprint density at radius 2 is 1.94 bits per heavy atom. The molecule has 4 heteroatoms. The number of nitrogens with one attached hydrogen (secondary N) is 1. The van der Waals surface area contributed by atoms with Crippen LogP contribution in [0.25, 0.3) is 0 Å². The first-order valence-corrected chi connectivity index (χ1v) is 7.08. The molecule has 18 heavy (non-hydrogen) atoms. The summed E-state index contributed by atoms with van der Waals surface area (Å²) >= 11 is 0. The van der Waals surface area contributed by atoms with E-state index in [0.717, 1.165) is 24.7 Å². The summed E-state index contributed by atoms with van der Waals surface area (Å²) in [5, 5.41) is 13.1. The topological polar surface area (TPSA) is 58.6 Å². The molecule has 2 N–H and O–H groups in total. The van der Waals surface area contributed by atoms with E-state index in [-0.39, 0.29) is 12.4 Å². The average Bonchev–Trinajstić information content (AvgIpc) is 2.25. The minimum absolute atomic E-state index is 0.0820. The molecule has 1 rings (SSSR count). The van der Waals surface area contributed by atoms with Gasteiger partial charge in [0.05, 0.1) is 19.1 Å². The Morgan fingerprint density at radius 1 is 1.33 bits per heavy atom. The van der Waals surface area contributed by atoms with Crippen molar-refractivity contribution in [2.75, 3.05) is 13.2 Å². The van der Waals surface area contributed by atoms with Gasteiger partial charge in [0.15, 0.2) is 0 Å². The van der Waals surface area contributed by atoms with Gasteiger partial charge in [-0.2, -0.15) is 0 Å². The van der Waals surface area contributed by atoms with Crippen LogP contribution in [-0.4, -0.2) is 36.4 Å². The van der Waals surface area contributed by atoms with Crippen LogP contribution in [0.15, 0.2) is 0 Å². The number of aliphatic hydroxyl groups is 1. The summed E-state index contributed by atoms with van der Waals surface area (Å²) in [6, 6.07) is 0.473. The largest absolute Gasteiger partial charge is 0.466 e. The lowest BCUT2D eigenvalue weighted by molar-refractivity contribution is -0.145. The van der Waals surface area contributed by atoms with E-state index < -0.39 is 6.10 Å². The molecule has 0 aromatic carbocycles. The smallest absolute Gasteiger partial charge is 0.308 e. The predicted molar refractivity (Wildman–Crippen MR) is 71.2 cm³/mol. The second kappa shape index (κ2) is 7.74. The molecule has 0 aliphatic heterocycles. The third-order valence-corrected chi connectivity index (χ3v) is 3.53. The fraction of sp³-hybridized carbons (Fsp3) is 0.929. The van der Waals surface area contributed by atoms with Crippen LogP contribution in [0.3, 0.4) is 0 Å². The first-order valence-electron chi connectivity index (χ1n) is 7.08. The molecular weight excluding hydrogens is 230 g/mol. The van der Waals surface area contributed by atoms with Crippen molar-refractivity contribution in [2.45, 2.75) is 58.6 Å². The van der Waals surface area contributed by atoms with E-state index in [4.69, 9.17) is 4.74 Å². The SMILES string of the molecule is CCOC(=O)CC(O)CNC1CC(C)CC(C)C1. The average molecular weight is 257 g/mol. The highest BCUT2D eigenvalue weighted by Crippen LogP contribution is 2.28. The molecule has 106 valence electrons. The second-order valence-corrected chi connectivity index (χ2v) is 5.69. The quantitative estimate of drug-likeness (QED) is 0.711. The van der Waals surface area contributed by atoms with Gasteiger partial charge >= 0.3 is 5.97 Å². The third-order valence-electron chi connectivity index (χ3n) is 3.53. The van der Waals surface area contributed by atoms with Crippen LogP contribution in [0.1, 0.15) is 46.5 Å². The van der Waals surface area contributed by atoms with Crippen LogP contribution in [0.2, 0.25) is 0 Å². The molecule has 0 bridgehead atoms. The summed E-state index contributed by atoms with van der Waals surface area (Å²) in [6.07, 6.45) is 3.06. The Kier molecular flexibility index (Phi) is 6.65. The Balaban J connectivity index is 2.21. The third kappa shape index (κ3) is 5.83. The molecule has 1 aliphatic rings. The van der Waals surface area contributed by atoms with Gasteiger partial charge < -0.3 is 15.2 Å². The summed E-state index contributed by atoms with van der Waals surface area (Å²) in [4.78, 5) is 11.2. The van der Waals surface area contributed by atoms with Gasteiger partial charge in [-0.05, 0) is 38.0 Å². The van der Waals surface area contributed by atoms with Crippen LogP contribution in [0.5, 0.6) is 0 Å². The molecule has 3 atom stereocenters. The van der Waals surface area contributed by atoms with Crippen molar-refractivity contribution in [1.29, 1.82) is 0 Å². The zero-order valence-corrected chi connectivity index (χ0v) is 11.8. The van der Waals surface area contributed by atoms with Gasteiger partial charge in [-0.25, -0.2) is 0 Å². The summed E-state index contributed by atoms with van der Waals surface area (Å²) in [5.74, 6) is 1.17. The monoisotopic (exact) mass is 257 g/mol. The van der Waals surface area contributed by atoms with Crippen LogP contribution < -0.4 is 5.32 Å². The van der Waals surface area contributed by atoms with Gasteiger partial charge in [-0.1, -0.05) is 13.8 Å². The molecular formula is C14H27NO3. The first kappa shape index (κ1) is 15.4. The Labute approximate surface area is 110 Å². The van der Waals surface area contributed by atoms with E-state index >= 15 is 0 Å². The highest BCUT2D eigenvalue weighted by molar-refractivity contribution is 5.69. The molecule has 3 unspecified atom stereocenters. The number of carbonyl (C=O) groups is 1. The maximum atomic E-state index is 11.2. The fourth-order valence-corrected chi connectivity index (χ4v) is 2.90. The van der Waals surface area contributed by atoms with Crippen molar-refractivity contribution >= 4 is 5.97 Å². The molecule has 1 saturated carbocycles. The second-order valence-electron chi connectivity index (χ2n) is 5.69. The normalized spacial score (nSPS) is 29.9. The number of carbonyl (C=O) groups excluding carboxylic acids is 1. The van der Waals surface area contributed by atoms with Crippen molar-refractivity contribution < 1.29 is 14.6 Å². The Hall–Kier alpha value is -0.610. The van der Waals surface area contributed by atoms with Gasteiger partial charge in [-0.15, -0.1) is 0 Å². The molecule has 0 spiro atoms. The van der Waals surface area contributed by atoms with Crippen molar-refractivity contribution in [3.63, 3.8) is 0 Å². The standard InChI is InChI=1S/C14H27NO3/c1-4-18-14(17)8-13(16)9-15-12-6-10(2)5-11(3)7-12/h10-13,15-16H,4-9H2,1-3H3. The molecule has 0 amide bonds. The zero-order valence-electron chi connectivity index (χ0n) is 11.8. The van der Waals surface area contributed by atoms with Crippen molar-refractivity contribution in [3.05, 3.63) is 0 Å². The highest BCUT2D eigenvalue weighted by Gasteiger charge is 2.24. The maximum Gasteiger partial charge on any atom is 0.308 e. The van der Waals surface area contributed by atoms with E-state index in [1.807, 2.05) is 0 Å². The van der Waals surface area contributed by atoms with E-state index in [0.29, 0.717) is 19.2 Å². The molecule has 0 saturated heterocycles. The van der Waals surface area contributed by atoms with Gasteiger partial charge in [-0.3, -0.25) is 4.79 Å². The fourth-order valence-electron chi connectivity index (χ4n) is 2.90. The number of esters is 1. The molecule has 1 aliphatic carbocycles. The van der Waals surface area contributed by atoms with Gasteiger partial charge in [0.25, 0.3) is 0 Å². The minimum atomic E-state index is -0.642. The summed E-state index contributed by atoms with van der Waals surface area (Å²) in [6.45, 7) is 7.17. The minimum Gasteiger partial charge on any atom is -0.466 e. The molecule has 1 fully saturated rings. The number of ether oxygens (including phenoxy) is 1. The number of hydrogen-bond donors (Lipinski definition) is 2. The van der Waals surface area contributed by atoms with Gasteiger partial charge in [0, 0.05) is 12.6 Å². The lowest BCUT2D eigenvalue weighted by Gasteiger charge is -2.32. The number of rotatable bonds is 6. The van der Waals surface area contributed by atoms with Crippen molar-refractivity contribution in [3.8, 4) is 0 Å². The predicted octanol–water partition coefficient (Wildman–Crippen LogP) is 1.71. The summed E-state index contributed by atoms with van der Waals surface area (Å²) in [5.41, 5.74) is 0. The number of hydrogen-bond acceptors (Lipinski definition) is 4. The van der Waals surface area contributed by atoms with Crippen LogP contribution in [0.4, 0.5) is 0 Å². The summed E-state index contributed by atoms with van der Waals surface area (Å²) in [7, 11) is 0. The van der Waals surface area contributed by atoms with E-state index in [1.165, 1.54) is 6.42 Å². The van der Waals surface area contributed by atoms with Crippen LogP contribution >= 0.6 is 0 Å². The van der Waals surface area contributed by atoms with Crippen molar-refractivity contribution in [1.82, 2.24) is 5.32 Å². The van der Waals surface area contributed by atoms with Crippen LogP contribution in [-0.2, 0) is 9.53 Å². The summed E-state index contributed by atoms with van der Waals surface area (Å²) < 4.78 is 4.81. The molecule has 0 heterocycles. The van der Waals surface area contributed by atoms with Crippen LogP contribution in [0, 0.1) is 11.8 Å². The maximum absolute atomic E-state index is 11.2. The lowest BCUT2D eigenvalue weighted by atomic mass is 9.80. The molecule has 0 aromatic rings. The van der Waals surface area contributed by atoms with E-state index in [1.54, 1.807) is 6.92 Å². The molecule has 0 aromatic heterocycles. The van der Waals surface area contributed by atoms with E-state index in [2.05, 4.69) is 19.2 Å². The van der Waals surface area contributed by atoms with Gasteiger partial charge in [0.2, 0.25) is 0 Å². The molecule has 0 radical (unpaired) electrons. The zero-order chi connectivity index (χ0) is 13.5. The lowest BCUT2D eigenvalue weighted by Crippen LogP contribution is -2.40. The Bertz CT molecular complexity index is 247. The highest BCUT2D eigenvalue weighted by atomic mass is 16.5. The van der Waals surface area contributed by atoms with Crippen molar-refractivity contribution in [2.24, 2.45) is 11.8 Å². The van der Waals surface area contributed by atoms with Gasteiger partial charge in [0.1, 0.15) is 0 Å². The Morgan fingerprint density at radius 3 is 2.50 bits per heavy atom. The first-order chi connectivity index (χ1) is 8.51.